The Bertz CT molecular complexity index is 1080. The van der Waals surface area contributed by atoms with Gasteiger partial charge in [-0.05, 0) is 42.0 Å². The third-order valence-corrected chi connectivity index (χ3v) is 4.08. The lowest BCUT2D eigenvalue weighted by Crippen LogP contribution is -2.12. The van der Waals surface area contributed by atoms with E-state index in [4.69, 9.17) is 21.6 Å². The number of rotatable bonds is 4. The molecule has 0 unspecified atom stereocenters. The van der Waals surface area contributed by atoms with Crippen molar-refractivity contribution in [3.63, 3.8) is 0 Å². The molecule has 1 N–H and O–H groups in total. The van der Waals surface area contributed by atoms with E-state index in [2.05, 4.69) is 15.4 Å². The zero-order chi connectivity index (χ0) is 22.1. The monoisotopic (exact) mass is 446 g/mol. The van der Waals surface area contributed by atoms with Crippen LogP contribution in [0.1, 0.15) is 22.4 Å². The van der Waals surface area contributed by atoms with Crippen molar-refractivity contribution in [1.82, 2.24) is 15.4 Å². The maximum atomic E-state index is 13.0. The van der Waals surface area contributed by atoms with Gasteiger partial charge in [-0.25, -0.2) is 5.10 Å². The fourth-order valence-electron chi connectivity index (χ4n) is 2.56. The van der Waals surface area contributed by atoms with E-state index < -0.39 is 30.1 Å². The lowest BCUT2D eigenvalue weighted by atomic mass is 10.1. The van der Waals surface area contributed by atoms with Gasteiger partial charge in [0.15, 0.2) is 5.69 Å². The Hall–Kier alpha value is -3.26. The lowest BCUT2D eigenvalue weighted by Gasteiger charge is -2.15. The Kier molecular flexibility index (Phi) is 5.63. The van der Waals surface area contributed by atoms with Gasteiger partial charge in [0.25, 0.3) is 0 Å². The number of H-pyrrole nitrogens is 1. The van der Waals surface area contributed by atoms with Gasteiger partial charge in [-0.15, -0.1) is 5.10 Å². The fraction of sp³-hybridized carbons (Fsp3) is 0.167. The third-order valence-electron chi connectivity index (χ3n) is 3.86. The Morgan fingerprint density at radius 3 is 2.17 bits per heavy atom. The molecule has 3 rings (SSSR count). The molecule has 0 aliphatic carbocycles. The van der Waals surface area contributed by atoms with Crippen molar-refractivity contribution in [3.8, 4) is 23.1 Å². The highest BCUT2D eigenvalue weighted by Crippen LogP contribution is 2.37. The second-order valence-electron chi connectivity index (χ2n) is 6.03. The van der Waals surface area contributed by atoms with Gasteiger partial charge < -0.3 is 4.74 Å². The van der Waals surface area contributed by atoms with Crippen molar-refractivity contribution in [2.75, 3.05) is 0 Å². The van der Waals surface area contributed by atoms with Gasteiger partial charge in [0.05, 0.1) is 11.1 Å². The molecule has 0 radical (unpaired) electrons. The molecule has 0 amide bonds. The minimum absolute atomic E-state index is 0.0367. The zero-order valence-electron chi connectivity index (χ0n) is 14.6. The van der Waals surface area contributed by atoms with E-state index >= 15 is 0 Å². The van der Waals surface area contributed by atoms with Crippen molar-refractivity contribution in [3.05, 3.63) is 63.8 Å². The van der Waals surface area contributed by atoms with Crippen LogP contribution in [0.4, 0.5) is 26.3 Å². The minimum Gasteiger partial charge on any atom is -0.489 e. The van der Waals surface area contributed by atoms with Crippen LogP contribution < -0.4 is 4.74 Å². The van der Waals surface area contributed by atoms with E-state index in [1.807, 2.05) is 6.07 Å². The van der Waals surface area contributed by atoms with Gasteiger partial charge in [-0.1, -0.05) is 16.8 Å². The highest BCUT2D eigenvalue weighted by Gasteiger charge is 2.36. The molecule has 0 spiro atoms. The number of nitrogens with zero attached hydrogens (tertiary/aromatic N) is 3. The summed E-state index contributed by atoms with van der Waals surface area (Å²) in [5.74, 6) is 0.0513. The normalized spacial score (nSPS) is 11.9. The number of hydrogen-bond donors (Lipinski definition) is 1. The van der Waals surface area contributed by atoms with Crippen LogP contribution in [0.25, 0.3) is 11.3 Å². The van der Waals surface area contributed by atoms with Crippen LogP contribution in [0.15, 0.2) is 36.4 Å². The summed E-state index contributed by atoms with van der Waals surface area (Å²) in [7, 11) is 0. The van der Waals surface area contributed by atoms with E-state index in [0.29, 0.717) is 17.7 Å². The number of nitrogens with one attached hydrogen (secondary N) is 1. The number of ether oxygens (including phenoxy) is 1. The second kappa shape index (κ2) is 7.87. The molecule has 0 aliphatic heterocycles. The Balaban J connectivity index is 1.91. The van der Waals surface area contributed by atoms with Gasteiger partial charge in [0.2, 0.25) is 0 Å². The molecule has 30 heavy (non-hydrogen) atoms. The molecule has 0 fully saturated rings. The molecule has 3 aromatic rings. The number of nitriles is 1. The van der Waals surface area contributed by atoms with E-state index in [9.17, 15) is 26.3 Å². The largest absolute Gasteiger partial charge is 0.489 e. The fourth-order valence-corrected chi connectivity index (χ4v) is 2.79. The van der Waals surface area contributed by atoms with Gasteiger partial charge in [0.1, 0.15) is 24.1 Å². The first kappa shape index (κ1) is 21.4. The number of benzene rings is 2. The molecule has 1 aromatic heterocycles. The van der Waals surface area contributed by atoms with E-state index in [0.717, 1.165) is 0 Å². The first-order chi connectivity index (χ1) is 14.0. The van der Waals surface area contributed by atoms with Gasteiger partial charge in [-0.3, -0.25) is 0 Å². The molecule has 0 bridgehead atoms. The van der Waals surface area contributed by atoms with Crippen LogP contribution >= 0.6 is 11.6 Å². The smallest absolute Gasteiger partial charge is 0.416 e. The summed E-state index contributed by atoms with van der Waals surface area (Å²) in [6, 6.07) is 7.16. The molecule has 0 saturated carbocycles. The Labute approximate surface area is 169 Å². The molecular formula is C18H9ClF6N4O. The number of alkyl halides is 6. The van der Waals surface area contributed by atoms with E-state index in [-0.39, 0.29) is 33.8 Å². The topological polar surface area (TPSA) is 74.6 Å². The summed E-state index contributed by atoms with van der Waals surface area (Å²) in [5, 5.41) is 18.8. The maximum Gasteiger partial charge on any atom is 0.416 e. The van der Waals surface area contributed by atoms with E-state index in [1.54, 1.807) is 0 Å². The average Bonchev–Trinajstić information content (AvgIpc) is 3.13. The number of halogens is 7. The number of aromatic nitrogens is 3. The maximum absolute atomic E-state index is 13.0. The minimum atomic E-state index is -4.96. The number of aromatic amines is 1. The highest BCUT2D eigenvalue weighted by molar-refractivity contribution is 6.31. The average molecular weight is 447 g/mol. The molecule has 1 heterocycles. The quantitative estimate of drug-likeness (QED) is 0.528. The van der Waals surface area contributed by atoms with Crippen LogP contribution in [0.2, 0.25) is 5.02 Å². The molecule has 5 nitrogen and oxygen atoms in total. The van der Waals surface area contributed by atoms with Gasteiger partial charge in [0, 0.05) is 10.6 Å². The van der Waals surface area contributed by atoms with Crippen LogP contribution in [0.3, 0.4) is 0 Å². The highest BCUT2D eigenvalue weighted by atomic mass is 35.5. The molecule has 0 aliphatic rings. The van der Waals surface area contributed by atoms with Crippen molar-refractivity contribution >= 4 is 11.6 Å². The molecule has 0 atom stereocenters. The first-order valence-electron chi connectivity index (χ1n) is 8.00. The third kappa shape index (κ3) is 4.83. The summed E-state index contributed by atoms with van der Waals surface area (Å²) >= 11 is 6.00. The van der Waals surface area contributed by atoms with Crippen molar-refractivity contribution in [2.24, 2.45) is 0 Å². The predicted molar refractivity (Wildman–Crippen MR) is 92.3 cm³/mol. The summed E-state index contributed by atoms with van der Waals surface area (Å²) in [6.45, 7) is -0.587. The van der Waals surface area contributed by atoms with Gasteiger partial charge >= 0.3 is 12.4 Å². The molecule has 0 saturated heterocycles. The van der Waals surface area contributed by atoms with Crippen LogP contribution in [0.5, 0.6) is 5.75 Å². The standard InChI is InChI=1S/C18H9ClF6N4O/c19-13-3-10(16-15(7-26)27-29-28-16)4-14(6-13)30-8-9-1-11(17(20,21)22)5-12(2-9)18(23,24)25/h1-6H,8H2,(H,27,28,29). The summed E-state index contributed by atoms with van der Waals surface area (Å²) in [6.07, 6.45) is -9.92. The summed E-state index contributed by atoms with van der Waals surface area (Å²) < 4.78 is 83.2. The van der Waals surface area contributed by atoms with Crippen LogP contribution in [-0.4, -0.2) is 15.4 Å². The molecule has 156 valence electrons. The first-order valence-corrected chi connectivity index (χ1v) is 8.38. The zero-order valence-corrected chi connectivity index (χ0v) is 15.3. The summed E-state index contributed by atoms with van der Waals surface area (Å²) in [5.41, 5.74) is -2.70. The van der Waals surface area contributed by atoms with Gasteiger partial charge in [-0.2, -0.15) is 31.6 Å². The van der Waals surface area contributed by atoms with Crippen LogP contribution in [-0.2, 0) is 19.0 Å². The number of hydrogen-bond acceptors (Lipinski definition) is 4. The van der Waals surface area contributed by atoms with Crippen molar-refractivity contribution in [2.45, 2.75) is 19.0 Å². The molecule has 2 aromatic carbocycles. The van der Waals surface area contributed by atoms with E-state index in [1.165, 1.54) is 18.2 Å². The predicted octanol–water partition coefficient (Wildman–Crippen LogP) is 5.61. The van der Waals surface area contributed by atoms with Crippen molar-refractivity contribution in [1.29, 1.82) is 5.26 Å². The second-order valence-corrected chi connectivity index (χ2v) is 6.46. The molecule has 12 heteroatoms. The Morgan fingerprint density at radius 1 is 0.967 bits per heavy atom. The Morgan fingerprint density at radius 2 is 1.60 bits per heavy atom. The van der Waals surface area contributed by atoms with Crippen molar-refractivity contribution < 1.29 is 31.1 Å². The lowest BCUT2D eigenvalue weighted by molar-refractivity contribution is -0.143. The molecular weight excluding hydrogens is 438 g/mol. The van der Waals surface area contributed by atoms with Crippen LogP contribution in [0, 0.1) is 11.3 Å². The SMILES string of the molecule is N#Cc1[nH]nnc1-c1cc(Cl)cc(OCc2cc(C(F)(F)F)cc(C(F)(F)F)c2)c1. The summed E-state index contributed by atoms with van der Waals surface area (Å²) in [4.78, 5) is 0.